The largest absolute Gasteiger partial charge is 0.494 e. The van der Waals surface area contributed by atoms with Gasteiger partial charge in [-0.3, -0.25) is 4.99 Å². The van der Waals surface area contributed by atoms with Gasteiger partial charge in [0.15, 0.2) is 11.6 Å². The van der Waals surface area contributed by atoms with Crippen molar-refractivity contribution in [2.75, 3.05) is 44.3 Å². The standard InChI is InChI=1S/C33H37FN6O2/c1-3-41-25-18-27(30(34)29(19-25)42-24-12-15-40(2)16-13-24)31(33-37-20-28(39-33)21-7-5-4-6-8-21)38-23-9-10-26-22(17-23)11-14-36-32(26)35/h4-11,14,17-19,24,28,31,38H,3,12-13,15-16,20H2,1-2H3,(H2,35,36)(H,37,39). The lowest BCUT2D eigenvalue weighted by Gasteiger charge is -2.30. The molecule has 1 fully saturated rings. The van der Waals surface area contributed by atoms with Gasteiger partial charge in [-0.2, -0.15) is 0 Å². The summed E-state index contributed by atoms with van der Waals surface area (Å²) in [7, 11) is 2.09. The Morgan fingerprint density at radius 1 is 1.10 bits per heavy atom. The van der Waals surface area contributed by atoms with Crippen LogP contribution in [0.5, 0.6) is 11.5 Å². The summed E-state index contributed by atoms with van der Waals surface area (Å²) < 4.78 is 28.7. The maximum Gasteiger partial charge on any atom is 0.171 e. The average molecular weight is 569 g/mol. The quantitative estimate of drug-likeness (QED) is 0.238. The zero-order chi connectivity index (χ0) is 29.1. The first-order chi connectivity index (χ1) is 20.5. The van der Waals surface area contributed by atoms with E-state index in [0.717, 1.165) is 48.0 Å². The predicted octanol–water partition coefficient (Wildman–Crippen LogP) is 5.72. The summed E-state index contributed by atoms with van der Waals surface area (Å²) in [5.41, 5.74) is 8.39. The number of nitrogens with two attached hydrogens (primary N) is 1. The van der Waals surface area contributed by atoms with E-state index in [0.29, 0.717) is 36.1 Å². The van der Waals surface area contributed by atoms with Crippen molar-refractivity contribution >= 4 is 28.1 Å². The molecular weight excluding hydrogens is 531 g/mol. The van der Waals surface area contributed by atoms with Gasteiger partial charge in [0.2, 0.25) is 0 Å². The number of amidine groups is 1. The summed E-state index contributed by atoms with van der Waals surface area (Å²) in [4.78, 5) is 11.5. The summed E-state index contributed by atoms with van der Waals surface area (Å²) in [5.74, 6) is 1.45. The van der Waals surface area contributed by atoms with E-state index >= 15 is 4.39 Å². The van der Waals surface area contributed by atoms with E-state index in [1.54, 1.807) is 18.3 Å². The minimum absolute atomic E-state index is 0.0594. The molecule has 2 aliphatic heterocycles. The molecule has 8 nitrogen and oxygen atoms in total. The third-order valence-corrected chi connectivity index (χ3v) is 7.96. The van der Waals surface area contributed by atoms with Crippen LogP contribution in [-0.2, 0) is 0 Å². The number of fused-ring (bicyclic) bond motifs is 1. The van der Waals surface area contributed by atoms with Crippen molar-refractivity contribution in [2.24, 2.45) is 4.99 Å². The Kier molecular flexibility index (Phi) is 8.10. The van der Waals surface area contributed by atoms with E-state index in [4.69, 9.17) is 20.2 Å². The molecule has 1 saturated heterocycles. The highest BCUT2D eigenvalue weighted by Gasteiger charge is 2.31. The van der Waals surface area contributed by atoms with Gasteiger partial charge >= 0.3 is 0 Å². The number of hydrogen-bond acceptors (Lipinski definition) is 8. The molecule has 3 heterocycles. The number of ether oxygens (including phenoxy) is 2. The first-order valence-electron chi connectivity index (χ1n) is 14.6. The Balaban J connectivity index is 1.40. The Labute approximate surface area is 245 Å². The highest BCUT2D eigenvalue weighted by Crippen LogP contribution is 2.37. The zero-order valence-electron chi connectivity index (χ0n) is 24.0. The SMILES string of the molecule is CCOc1cc(OC2CCN(C)CC2)c(F)c(C(Nc2ccc3c(N)nccc3c2)C2=NC(c3ccccc3)CN2)c1. The molecule has 0 bridgehead atoms. The number of pyridine rings is 1. The van der Waals surface area contributed by atoms with Crippen LogP contribution >= 0.6 is 0 Å². The highest BCUT2D eigenvalue weighted by atomic mass is 19.1. The van der Waals surface area contributed by atoms with E-state index < -0.39 is 11.9 Å². The van der Waals surface area contributed by atoms with Crippen LogP contribution in [0.3, 0.4) is 0 Å². The normalized spacial score (nSPS) is 18.4. The summed E-state index contributed by atoms with van der Waals surface area (Å²) in [6.07, 6.45) is 3.31. The van der Waals surface area contributed by atoms with Crippen molar-refractivity contribution in [2.45, 2.75) is 38.0 Å². The van der Waals surface area contributed by atoms with Crippen molar-refractivity contribution in [3.8, 4) is 11.5 Å². The molecule has 0 aliphatic carbocycles. The smallest absolute Gasteiger partial charge is 0.171 e. The Morgan fingerprint density at radius 2 is 1.90 bits per heavy atom. The van der Waals surface area contributed by atoms with Gasteiger partial charge < -0.3 is 30.7 Å². The third-order valence-electron chi connectivity index (χ3n) is 7.96. The van der Waals surface area contributed by atoms with Crippen LogP contribution < -0.4 is 25.8 Å². The van der Waals surface area contributed by atoms with Crippen molar-refractivity contribution in [3.05, 3.63) is 89.9 Å². The van der Waals surface area contributed by atoms with Gasteiger partial charge in [-0.05, 0) is 68.1 Å². The molecule has 0 radical (unpaired) electrons. The van der Waals surface area contributed by atoms with Crippen LogP contribution in [0.1, 0.15) is 43.0 Å². The van der Waals surface area contributed by atoms with Crippen molar-refractivity contribution in [1.29, 1.82) is 0 Å². The topological polar surface area (TPSA) is 97.0 Å². The molecule has 6 rings (SSSR count). The molecule has 1 aromatic heterocycles. The lowest BCUT2D eigenvalue weighted by atomic mass is 10.0. The summed E-state index contributed by atoms with van der Waals surface area (Å²) in [5, 5.41) is 8.81. The van der Waals surface area contributed by atoms with Gasteiger partial charge in [0.1, 0.15) is 29.5 Å². The molecule has 218 valence electrons. The number of aliphatic imine (C=N–C) groups is 1. The Hall–Kier alpha value is -4.37. The van der Waals surface area contributed by atoms with E-state index in [1.807, 2.05) is 49.4 Å². The molecule has 2 atom stereocenters. The molecule has 0 saturated carbocycles. The summed E-state index contributed by atoms with van der Waals surface area (Å²) >= 11 is 0. The number of halogens is 1. The zero-order valence-corrected chi connectivity index (χ0v) is 24.0. The third kappa shape index (κ3) is 5.97. The first-order valence-corrected chi connectivity index (χ1v) is 14.6. The fraction of sp³-hybridized carbons (Fsp3) is 0.333. The number of nitrogens with one attached hydrogen (secondary N) is 2. The van der Waals surface area contributed by atoms with E-state index in [1.165, 1.54) is 0 Å². The maximum atomic E-state index is 16.5. The molecule has 0 amide bonds. The molecule has 4 N–H and O–H groups in total. The van der Waals surface area contributed by atoms with E-state index in [-0.39, 0.29) is 17.9 Å². The number of rotatable bonds is 9. The molecule has 0 spiro atoms. The van der Waals surface area contributed by atoms with Crippen molar-refractivity contribution < 1.29 is 13.9 Å². The minimum atomic E-state index is -0.629. The number of hydrogen-bond donors (Lipinski definition) is 3. The lowest BCUT2D eigenvalue weighted by Crippen LogP contribution is -2.36. The Bertz CT molecular complexity index is 1570. The molecule has 4 aromatic rings. The number of aromatic nitrogens is 1. The second kappa shape index (κ2) is 12.2. The van der Waals surface area contributed by atoms with Crippen LogP contribution in [-0.4, -0.2) is 55.1 Å². The van der Waals surface area contributed by atoms with Gasteiger partial charge in [-0.25, -0.2) is 9.37 Å². The van der Waals surface area contributed by atoms with Crippen LogP contribution in [0.4, 0.5) is 15.9 Å². The van der Waals surface area contributed by atoms with Crippen LogP contribution in [0.25, 0.3) is 10.8 Å². The number of nitrogens with zero attached hydrogens (tertiary/aromatic N) is 3. The second-order valence-corrected chi connectivity index (χ2v) is 10.9. The number of benzene rings is 3. The van der Waals surface area contributed by atoms with Crippen molar-refractivity contribution in [3.63, 3.8) is 0 Å². The van der Waals surface area contributed by atoms with E-state index in [9.17, 15) is 0 Å². The fourth-order valence-corrected chi connectivity index (χ4v) is 5.68. The van der Waals surface area contributed by atoms with E-state index in [2.05, 4.69) is 39.7 Å². The Morgan fingerprint density at radius 3 is 2.69 bits per heavy atom. The first kappa shape index (κ1) is 27.8. The fourth-order valence-electron chi connectivity index (χ4n) is 5.68. The van der Waals surface area contributed by atoms with Crippen molar-refractivity contribution in [1.82, 2.24) is 15.2 Å². The number of piperidine rings is 1. The molecule has 9 heteroatoms. The monoisotopic (exact) mass is 568 g/mol. The highest BCUT2D eigenvalue weighted by molar-refractivity contribution is 5.95. The average Bonchev–Trinajstić information content (AvgIpc) is 3.50. The molecule has 2 unspecified atom stereocenters. The molecule has 3 aromatic carbocycles. The van der Waals surface area contributed by atoms with Gasteiger partial charge in [-0.15, -0.1) is 0 Å². The molecule has 42 heavy (non-hydrogen) atoms. The van der Waals surface area contributed by atoms with Gasteiger partial charge in [0, 0.05) is 48.5 Å². The number of nitrogen functional groups attached to an aromatic ring is 1. The number of likely N-dealkylation sites (tertiary alicyclic amines) is 1. The maximum absolute atomic E-state index is 16.5. The molecule has 2 aliphatic rings. The second-order valence-electron chi connectivity index (χ2n) is 10.9. The number of anilines is 2. The van der Waals surface area contributed by atoms with Gasteiger partial charge in [0.25, 0.3) is 0 Å². The van der Waals surface area contributed by atoms with Crippen LogP contribution in [0, 0.1) is 5.82 Å². The van der Waals surface area contributed by atoms with Gasteiger partial charge in [0.05, 0.1) is 12.6 Å². The van der Waals surface area contributed by atoms with Gasteiger partial charge in [-0.1, -0.05) is 30.3 Å². The predicted molar refractivity (Wildman–Crippen MR) is 166 cm³/mol. The summed E-state index contributed by atoms with van der Waals surface area (Å²) in [6, 6.07) is 20.6. The summed E-state index contributed by atoms with van der Waals surface area (Å²) in [6.45, 7) is 4.81. The van der Waals surface area contributed by atoms with Crippen LogP contribution in [0.2, 0.25) is 0 Å². The molecular formula is C33H37FN6O2. The minimum Gasteiger partial charge on any atom is -0.494 e. The van der Waals surface area contributed by atoms with Crippen LogP contribution in [0.15, 0.2) is 77.9 Å². The lowest BCUT2D eigenvalue weighted by molar-refractivity contribution is 0.109.